The van der Waals surface area contributed by atoms with Gasteiger partial charge in [-0.2, -0.15) is 5.10 Å². The molecule has 1 amide bonds. The van der Waals surface area contributed by atoms with Crippen molar-refractivity contribution >= 4 is 34.1 Å². The van der Waals surface area contributed by atoms with E-state index in [9.17, 15) is 9.59 Å². The molecule has 3 aromatic rings. The average Bonchev–Trinajstić information content (AvgIpc) is 3.04. The Morgan fingerprint density at radius 2 is 1.96 bits per heavy atom. The van der Waals surface area contributed by atoms with Crippen LogP contribution in [0, 0.1) is 6.92 Å². The number of nitrogens with one attached hydrogen (secondary N) is 1. The second-order valence-corrected chi connectivity index (χ2v) is 7.48. The Morgan fingerprint density at radius 1 is 1.20 bits per heavy atom. The maximum absolute atomic E-state index is 12.1. The molecule has 0 aliphatic rings. The number of rotatable bonds is 5. The van der Waals surface area contributed by atoms with E-state index in [1.165, 1.54) is 41.6 Å². The van der Waals surface area contributed by atoms with Gasteiger partial charge in [0.25, 0.3) is 11.5 Å². The van der Waals surface area contributed by atoms with Crippen LogP contribution in [0.5, 0.6) is 0 Å². The van der Waals surface area contributed by atoms with Crippen LogP contribution in [0.3, 0.4) is 0 Å². The summed E-state index contributed by atoms with van der Waals surface area (Å²) in [6, 6.07) is 11.0. The number of carbonyl (C=O) groups is 1. The van der Waals surface area contributed by atoms with Crippen LogP contribution in [0.2, 0.25) is 0 Å². The minimum atomic E-state index is -0.429. The van der Waals surface area contributed by atoms with Crippen LogP contribution in [-0.4, -0.2) is 25.9 Å². The Balaban J connectivity index is 1.61. The van der Waals surface area contributed by atoms with Crippen LogP contribution in [0.1, 0.15) is 21.6 Å². The van der Waals surface area contributed by atoms with E-state index in [-0.39, 0.29) is 11.3 Å². The molecule has 2 heterocycles. The zero-order chi connectivity index (χ0) is 17.8. The topological polar surface area (TPSA) is 89.8 Å². The average molecular weight is 373 g/mol. The van der Waals surface area contributed by atoms with Gasteiger partial charge in [0.1, 0.15) is 5.69 Å². The van der Waals surface area contributed by atoms with Crippen molar-refractivity contribution in [1.29, 1.82) is 0 Å². The number of nitrogens with zero attached hydrogens (tertiary/aromatic N) is 4. The lowest BCUT2D eigenvalue weighted by molar-refractivity contribution is 0.102. The zero-order valence-electron chi connectivity index (χ0n) is 13.6. The van der Waals surface area contributed by atoms with E-state index in [4.69, 9.17) is 0 Å². The summed E-state index contributed by atoms with van der Waals surface area (Å²) in [5.74, 6) is 0.354. The van der Waals surface area contributed by atoms with Crippen LogP contribution in [-0.2, 0) is 12.8 Å². The quantitative estimate of drug-likeness (QED) is 0.546. The number of hydrogen-bond donors (Lipinski definition) is 1. The minimum absolute atomic E-state index is 0.145. The van der Waals surface area contributed by atoms with Crippen molar-refractivity contribution in [3.05, 3.63) is 63.6 Å². The predicted octanol–water partition coefficient (Wildman–Crippen LogP) is 2.48. The third-order valence-electron chi connectivity index (χ3n) is 3.30. The van der Waals surface area contributed by atoms with Gasteiger partial charge < -0.3 is 0 Å². The normalized spacial score (nSPS) is 10.6. The van der Waals surface area contributed by atoms with Gasteiger partial charge in [-0.15, -0.1) is 10.2 Å². The number of hydrogen-bond acceptors (Lipinski definition) is 7. The van der Waals surface area contributed by atoms with Crippen LogP contribution >= 0.6 is 23.1 Å². The van der Waals surface area contributed by atoms with Crippen LogP contribution < -0.4 is 10.9 Å². The van der Waals surface area contributed by atoms with E-state index in [2.05, 4.69) is 51.8 Å². The van der Waals surface area contributed by atoms with E-state index in [0.717, 1.165) is 14.8 Å². The molecule has 0 spiro atoms. The molecule has 2 aromatic heterocycles. The van der Waals surface area contributed by atoms with Crippen LogP contribution in [0.4, 0.5) is 5.13 Å². The van der Waals surface area contributed by atoms with E-state index >= 15 is 0 Å². The lowest BCUT2D eigenvalue weighted by Gasteiger charge is -2.01. The van der Waals surface area contributed by atoms with Gasteiger partial charge in [-0.25, -0.2) is 4.68 Å². The van der Waals surface area contributed by atoms with Gasteiger partial charge in [0.2, 0.25) is 5.13 Å². The van der Waals surface area contributed by atoms with Gasteiger partial charge in [0.15, 0.2) is 4.34 Å². The zero-order valence-corrected chi connectivity index (χ0v) is 15.2. The highest BCUT2D eigenvalue weighted by molar-refractivity contribution is 8.00. The van der Waals surface area contributed by atoms with Crippen molar-refractivity contribution in [1.82, 2.24) is 20.0 Å². The Hall–Kier alpha value is -2.52. The molecular formula is C16H15N5O2S2. The molecule has 0 unspecified atom stereocenters. The number of anilines is 1. The molecule has 7 nitrogen and oxygen atoms in total. The monoisotopic (exact) mass is 373 g/mol. The first-order chi connectivity index (χ1) is 12.0. The maximum atomic E-state index is 12.1. The molecular weight excluding hydrogens is 358 g/mol. The molecule has 3 rings (SSSR count). The molecule has 0 radical (unpaired) electrons. The Kier molecular flexibility index (Phi) is 5.25. The van der Waals surface area contributed by atoms with Crippen LogP contribution in [0.15, 0.2) is 45.5 Å². The molecule has 25 heavy (non-hydrogen) atoms. The summed E-state index contributed by atoms with van der Waals surface area (Å²) in [5.41, 5.74) is 2.29. The van der Waals surface area contributed by atoms with Gasteiger partial charge in [-0.05, 0) is 18.6 Å². The molecule has 128 valence electrons. The summed E-state index contributed by atoms with van der Waals surface area (Å²) in [4.78, 5) is 23.4. The summed E-state index contributed by atoms with van der Waals surface area (Å²) in [6.07, 6.45) is 0. The molecule has 9 heteroatoms. The fraction of sp³-hybridized carbons (Fsp3) is 0.188. The SMILES string of the molecule is Cc1ccc(CSc2nnc(NC(=O)c3ccc(=O)n(C)n3)s2)cc1. The summed E-state index contributed by atoms with van der Waals surface area (Å²) in [6.45, 7) is 2.05. The lowest BCUT2D eigenvalue weighted by Crippen LogP contribution is -2.23. The fourth-order valence-electron chi connectivity index (χ4n) is 1.93. The lowest BCUT2D eigenvalue weighted by atomic mass is 10.2. The second kappa shape index (κ2) is 7.58. The van der Waals surface area contributed by atoms with Crippen molar-refractivity contribution < 1.29 is 4.79 Å². The highest BCUT2D eigenvalue weighted by atomic mass is 32.2. The molecule has 0 fully saturated rings. The Bertz CT molecular complexity index is 950. The number of thioether (sulfide) groups is 1. The highest BCUT2D eigenvalue weighted by Gasteiger charge is 2.12. The molecule has 0 aliphatic heterocycles. The summed E-state index contributed by atoms with van der Waals surface area (Å²) >= 11 is 2.86. The minimum Gasteiger partial charge on any atom is -0.295 e. The summed E-state index contributed by atoms with van der Waals surface area (Å²) in [5, 5.41) is 15.0. The van der Waals surface area contributed by atoms with Crippen molar-refractivity contribution in [3.63, 3.8) is 0 Å². The van der Waals surface area contributed by atoms with Crippen molar-refractivity contribution in [2.45, 2.75) is 17.0 Å². The Labute approximate surface area is 152 Å². The number of aromatic nitrogens is 4. The molecule has 0 aliphatic carbocycles. The number of aryl methyl sites for hydroxylation is 2. The molecule has 0 atom stereocenters. The molecule has 1 N–H and O–H groups in total. The van der Waals surface area contributed by atoms with Gasteiger partial charge in [0.05, 0.1) is 0 Å². The van der Waals surface area contributed by atoms with Crippen molar-refractivity contribution in [2.24, 2.45) is 7.05 Å². The van der Waals surface area contributed by atoms with E-state index in [1.807, 2.05) is 0 Å². The fourth-order valence-corrected chi connectivity index (χ4v) is 3.64. The number of carbonyl (C=O) groups excluding carboxylic acids is 1. The first kappa shape index (κ1) is 17.3. The number of amides is 1. The largest absolute Gasteiger partial charge is 0.295 e. The third kappa shape index (κ3) is 4.52. The smallest absolute Gasteiger partial charge is 0.277 e. The van der Waals surface area contributed by atoms with Gasteiger partial charge in [0, 0.05) is 18.9 Å². The molecule has 0 saturated carbocycles. The summed E-state index contributed by atoms with van der Waals surface area (Å²) < 4.78 is 1.88. The van der Waals surface area contributed by atoms with Crippen molar-refractivity contribution in [2.75, 3.05) is 5.32 Å². The van der Waals surface area contributed by atoms with Crippen molar-refractivity contribution in [3.8, 4) is 0 Å². The highest BCUT2D eigenvalue weighted by Crippen LogP contribution is 2.28. The van der Waals surface area contributed by atoms with E-state index in [0.29, 0.717) is 5.13 Å². The summed E-state index contributed by atoms with van der Waals surface area (Å²) in [7, 11) is 1.49. The van der Waals surface area contributed by atoms with Gasteiger partial charge in [-0.3, -0.25) is 14.9 Å². The Morgan fingerprint density at radius 3 is 2.68 bits per heavy atom. The van der Waals surface area contributed by atoms with E-state index < -0.39 is 5.91 Å². The maximum Gasteiger partial charge on any atom is 0.277 e. The number of benzene rings is 1. The van der Waals surface area contributed by atoms with Gasteiger partial charge >= 0.3 is 0 Å². The first-order valence-corrected chi connectivity index (χ1v) is 9.19. The van der Waals surface area contributed by atoms with Gasteiger partial charge in [-0.1, -0.05) is 52.9 Å². The third-order valence-corrected chi connectivity index (χ3v) is 5.35. The van der Waals surface area contributed by atoms with E-state index in [1.54, 1.807) is 11.8 Å². The molecule has 0 bridgehead atoms. The molecule has 0 saturated heterocycles. The first-order valence-electron chi connectivity index (χ1n) is 7.39. The second-order valence-electron chi connectivity index (χ2n) is 5.28. The van der Waals surface area contributed by atoms with Crippen LogP contribution in [0.25, 0.3) is 0 Å². The molecule has 1 aromatic carbocycles. The predicted molar refractivity (Wildman–Crippen MR) is 98.1 cm³/mol. The standard InChI is InChI=1S/C16H15N5O2S2/c1-10-3-5-11(6-4-10)9-24-16-19-18-15(25-16)17-14(23)12-7-8-13(22)21(2)20-12/h3-8H,9H2,1-2H3,(H,17,18,23).